The molecule has 0 radical (unpaired) electrons. The van der Waals surface area contributed by atoms with Crippen LogP contribution >= 0.6 is 0 Å². The van der Waals surface area contributed by atoms with Crippen LogP contribution in [0.4, 0.5) is 0 Å². The Bertz CT molecular complexity index is 1980. The van der Waals surface area contributed by atoms with Crippen molar-refractivity contribution in [2.45, 2.75) is 19.3 Å². The van der Waals surface area contributed by atoms with E-state index in [4.69, 9.17) is 4.42 Å². The minimum Gasteiger partial charge on any atom is -0.456 e. The lowest BCUT2D eigenvalue weighted by molar-refractivity contribution is 0.660. The van der Waals surface area contributed by atoms with Crippen LogP contribution < -0.4 is 0 Å². The number of hydrogen-bond donors (Lipinski definition) is 0. The van der Waals surface area contributed by atoms with Gasteiger partial charge in [0.25, 0.3) is 0 Å². The van der Waals surface area contributed by atoms with Crippen LogP contribution in [-0.4, -0.2) is 4.57 Å². The fourth-order valence-electron chi connectivity index (χ4n) is 6.39. The van der Waals surface area contributed by atoms with Crippen LogP contribution in [0.25, 0.3) is 60.6 Å². The van der Waals surface area contributed by atoms with Crippen molar-refractivity contribution in [2.75, 3.05) is 0 Å². The molecule has 1 aliphatic carbocycles. The molecular formula is C33H23NO. The molecule has 2 nitrogen and oxygen atoms in total. The highest BCUT2D eigenvalue weighted by Gasteiger charge is 2.35. The van der Waals surface area contributed by atoms with Gasteiger partial charge in [-0.15, -0.1) is 0 Å². The van der Waals surface area contributed by atoms with Crippen molar-refractivity contribution in [1.82, 2.24) is 4.57 Å². The highest BCUT2D eigenvalue weighted by Crippen LogP contribution is 2.49. The Kier molecular flexibility index (Phi) is 3.50. The number of para-hydroxylation sites is 1. The van der Waals surface area contributed by atoms with Gasteiger partial charge in [-0.05, 0) is 64.0 Å². The number of benzene rings is 5. The third-order valence-corrected chi connectivity index (χ3v) is 8.00. The van der Waals surface area contributed by atoms with Gasteiger partial charge < -0.3 is 8.98 Å². The number of nitrogens with zero attached hydrogens (tertiary/aromatic N) is 1. The van der Waals surface area contributed by atoms with E-state index < -0.39 is 0 Å². The summed E-state index contributed by atoms with van der Waals surface area (Å²) in [5, 5.41) is 4.79. The van der Waals surface area contributed by atoms with E-state index in [1.165, 1.54) is 55.1 Å². The maximum absolute atomic E-state index is 6.51. The molecule has 0 unspecified atom stereocenters. The lowest BCUT2D eigenvalue weighted by Gasteiger charge is -2.22. The summed E-state index contributed by atoms with van der Waals surface area (Å²) in [5.74, 6) is 0. The summed E-state index contributed by atoms with van der Waals surface area (Å²) in [6.07, 6.45) is 0. The summed E-state index contributed by atoms with van der Waals surface area (Å²) >= 11 is 0. The molecule has 8 rings (SSSR count). The fraction of sp³-hybridized carbons (Fsp3) is 0.0909. The van der Waals surface area contributed by atoms with E-state index in [1.54, 1.807) is 0 Å². The molecule has 2 heterocycles. The molecule has 166 valence electrons. The molecule has 0 saturated heterocycles. The quantitative estimate of drug-likeness (QED) is 0.244. The molecule has 0 N–H and O–H groups in total. The Morgan fingerprint density at radius 3 is 2.17 bits per heavy atom. The second kappa shape index (κ2) is 6.43. The molecule has 0 fully saturated rings. The van der Waals surface area contributed by atoms with Gasteiger partial charge in [-0.3, -0.25) is 0 Å². The van der Waals surface area contributed by atoms with Gasteiger partial charge in [0, 0.05) is 21.9 Å². The summed E-state index contributed by atoms with van der Waals surface area (Å²) in [6.45, 7) is 4.68. The Labute approximate surface area is 203 Å². The number of hydrogen-bond acceptors (Lipinski definition) is 1. The summed E-state index contributed by atoms with van der Waals surface area (Å²) in [7, 11) is 0. The van der Waals surface area contributed by atoms with Crippen molar-refractivity contribution in [2.24, 2.45) is 0 Å². The second-order valence-electron chi connectivity index (χ2n) is 10.2. The standard InChI is InChI=1S/C33H23NO/c1-33(2)25-12-5-3-9-21(25)22-18-17-20(19-26(22)33)34-27-13-7-11-24-23-10-4-6-15-29(23)35-30-16-8-14-28(34)32(30)31(24)27/h3-19H,1-2H3. The number of aromatic nitrogens is 1. The van der Waals surface area contributed by atoms with Gasteiger partial charge >= 0.3 is 0 Å². The molecule has 35 heavy (non-hydrogen) atoms. The van der Waals surface area contributed by atoms with Crippen LogP contribution in [-0.2, 0) is 5.41 Å². The van der Waals surface area contributed by atoms with Crippen molar-refractivity contribution >= 4 is 43.7 Å². The summed E-state index contributed by atoms with van der Waals surface area (Å²) in [4.78, 5) is 0. The van der Waals surface area contributed by atoms with Crippen molar-refractivity contribution < 1.29 is 4.42 Å². The first-order valence-electron chi connectivity index (χ1n) is 12.2. The first-order chi connectivity index (χ1) is 17.1. The number of fused-ring (bicyclic) bond motifs is 5. The van der Waals surface area contributed by atoms with E-state index in [-0.39, 0.29) is 5.41 Å². The van der Waals surface area contributed by atoms with Gasteiger partial charge in [-0.1, -0.05) is 80.6 Å². The molecule has 0 atom stereocenters. The number of rotatable bonds is 1. The van der Waals surface area contributed by atoms with E-state index in [1.807, 2.05) is 6.07 Å². The topological polar surface area (TPSA) is 18.1 Å². The lowest BCUT2D eigenvalue weighted by atomic mass is 9.82. The smallest absolute Gasteiger partial charge is 0.137 e. The molecule has 2 heteroatoms. The van der Waals surface area contributed by atoms with Crippen LogP contribution in [0.1, 0.15) is 25.0 Å². The van der Waals surface area contributed by atoms with Crippen LogP contribution in [0.2, 0.25) is 0 Å². The minimum atomic E-state index is -0.0372. The Morgan fingerprint density at radius 1 is 0.571 bits per heavy atom. The average molecular weight is 450 g/mol. The predicted octanol–water partition coefficient (Wildman–Crippen LogP) is 8.99. The van der Waals surface area contributed by atoms with E-state index >= 15 is 0 Å². The Hall–Kier alpha value is -4.30. The van der Waals surface area contributed by atoms with Gasteiger partial charge in [-0.25, -0.2) is 0 Å². The van der Waals surface area contributed by atoms with Gasteiger partial charge in [-0.2, -0.15) is 0 Å². The lowest BCUT2D eigenvalue weighted by Crippen LogP contribution is -2.15. The SMILES string of the molecule is CC1(C)c2ccccc2-c2ccc(-n3c4cccc5oc6ccccc6c6cccc3c6c54)cc21. The van der Waals surface area contributed by atoms with Crippen molar-refractivity contribution in [3.63, 3.8) is 0 Å². The highest BCUT2D eigenvalue weighted by atomic mass is 16.3. The molecule has 7 aromatic rings. The molecule has 5 aromatic carbocycles. The summed E-state index contributed by atoms with van der Waals surface area (Å²) in [5.41, 5.74) is 10.8. The molecule has 0 aliphatic heterocycles. The van der Waals surface area contributed by atoms with Crippen LogP contribution in [0.5, 0.6) is 0 Å². The van der Waals surface area contributed by atoms with Gasteiger partial charge in [0.15, 0.2) is 0 Å². The zero-order valence-electron chi connectivity index (χ0n) is 19.7. The first kappa shape index (κ1) is 19.1. The third-order valence-electron chi connectivity index (χ3n) is 8.00. The second-order valence-corrected chi connectivity index (χ2v) is 10.2. The summed E-state index contributed by atoms with van der Waals surface area (Å²) < 4.78 is 8.92. The zero-order valence-corrected chi connectivity index (χ0v) is 19.7. The highest BCUT2D eigenvalue weighted by molar-refractivity contribution is 6.26. The normalized spacial score (nSPS) is 14.2. The third kappa shape index (κ3) is 2.34. The molecule has 1 aliphatic rings. The molecule has 0 amide bonds. The van der Waals surface area contributed by atoms with E-state index in [2.05, 4.69) is 115 Å². The fourth-order valence-corrected chi connectivity index (χ4v) is 6.39. The van der Waals surface area contributed by atoms with E-state index in [0.29, 0.717) is 0 Å². The largest absolute Gasteiger partial charge is 0.456 e. The monoisotopic (exact) mass is 449 g/mol. The van der Waals surface area contributed by atoms with Gasteiger partial charge in [0.2, 0.25) is 0 Å². The Morgan fingerprint density at radius 2 is 1.26 bits per heavy atom. The van der Waals surface area contributed by atoms with Crippen molar-refractivity contribution in [3.05, 3.63) is 114 Å². The molecular weight excluding hydrogens is 426 g/mol. The van der Waals surface area contributed by atoms with Crippen LogP contribution in [0.3, 0.4) is 0 Å². The molecule has 0 bridgehead atoms. The minimum absolute atomic E-state index is 0.0372. The van der Waals surface area contributed by atoms with E-state index in [9.17, 15) is 0 Å². The molecule has 0 saturated carbocycles. The Balaban J connectivity index is 1.51. The predicted molar refractivity (Wildman–Crippen MR) is 146 cm³/mol. The van der Waals surface area contributed by atoms with Gasteiger partial charge in [0.05, 0.1) is 16.4 Å². The van der Waals surface area contributed by atoms with Crippen molar-refractivity contribution in [3.8, 4) is 16.8 Å². The van der Waals surface area contributed by atoms with Gasteiger partial charge in [0.1, 0.15) is 11.2 Å². The zero-order chi connectivity index (χ0) is 23.3. The van der Waals surface area contributed by atoms with Crippen LogP contribution in [0, 0.1) is 0 Å². The molecule has 0 spiro atoms. The molecule has 2 aromatic heterocycles. The maximum Gasteiger partial charge on any atom is 0.137 e. The first-order valence-corrected chi connectivity index (χ1v) is 12.2. The maximum atomic E-state index is 6.51. The average Bonchev–Trinajstić information content (AvgIpc) is 3.28. The summed E-state index contributed by atoms with van der Waals surface area (Å²) in [6, 6.07) is 37.2. The van der Waals surface area contributed by atoms with E-state index in [0.717, 1.165) is 16.6 Å². The van der Waals surface area contributed by atoms with Crippen LogP contribution in [0.15, 0.2) is 108 Å². The van der Waals surface area contributed by atoms with Crippen molar-refractivity contribution in [1.29, 1.82) is 0 Å².